The predicted octanol–water partition coefficient (Wildman–Crippen LogP) is 2.24. The summed E-state index contributed by atoms with van der Waals surface area (Å²) in [6.07, 6.45) is 3.64. The molecule has 0 bridgehead atoms. The lowest BCUT2D eigenvalue weighted by Crippen LogP contribution is -2.39. The molecule has 0 saturated carbocycles. The second kappa shape index (κ2) is 6.26. The van der Waals surface area contributed by atoms with Crippen molar-refractivity contribution in [2.45, 2.75) is 33.9 Å². The summed E-state index contributed by atoms with van der Waals surface area (Å²) in [6.45, 7) is 7.67. The van der Waals surface area contributed by atoms with E-state index in [1.54, 1.807) is 13.1 Å². The van der Waals surface area contributed by atoms with Crippen LogP contribution in [-0.4, -0.2) is 25.2 Å². The van der Waals surface area contributed by atoms with E-state index in [2.05, 4.69) is 41.9 Å². The van der Waals surface area contributed by atoms with Gasteiger partial charge in [0.2, 0.25) is 5.95 Å². The Morgan fingerprint density at radius 2 is 1.96 bits per heavy atom. The van der Waals surface area contributed by atoms with Crippen LogP contribution in [0.5, 0.6) is 0 Å². The molecule has 0 N–H and O–H groups in total. The van der Waals surface area contributed by atoms with Crippen molar-refractivity contribution in [3.63, 3.8) is 0 Å². The van der Waals surface area contributed by atoms with Gasteiger partial charge < -0.3 is 9.47 Å². The molecule has 140 valence electrons. The molecule has 0 unspecified atom stereocenters. The highest BCUT2D eigenvalue weighted by Gasteiger charge is 2.29. The summed E-state index contributed by atoms with van der Waals surface area (Å²) in [6, 6.07) is 6.31. The minimum atomic E-state index is -0.347. The number of allylic oxidation sites excluding steroid dienone is 2. The van der Waals surface area contributed by atoms with E-state index in [4.69, 9.17) is 0 Å². The van der Waals surface area contributed by atoms with Crippen LogP contribution in [-0.2, 0) is 20.1 Å². The van der Waals surface area contributed by atoms with Gasteiger partial charge in [-0.3, -0.25) is 13.9 Å². The summed E-state index contributed by atoms with van der Waals surface area (Å²) >= 11 is 0. The van der Waals surface area contributed by atoms with Gasteiger partial charge in [0, 0.05) is 32.4 Å². The number of anilines is 2. The van der Waals surface area contributed by atoms with E-state index in [0.29, 0.717) is 17.7 Å². The van der Waals surface area contributed by atoms with Crippen LogP contribution in [0.25, 0.3) is 11.2 Å². The highest BCUT2D eigenvalue weighted by Crippen LogP contribution is 2.33. The van der Waals surface area contributed by atoms with Gasteiger partial charge in [-0.1, -0.05) is 24.3 Å². The van der Waals surface area contributed by atoms with Crippen LogP contribution in [0.1, 0.15) is 18.1 Å². The fourth-order valence-electron chi connectivity index (χ4n) is 3.69. The third-order valence-electron chi connectivity index (χ3n) is 5.18. The van der Waals surface area contributed by atoms with Crippen LogP contribution in [0.4, 0.5) is 11.6 Å². The molecular weight excluding hydrogens is 342 g/mol. The number of aromatic nitrogens is 4. The van der Waals surface area contributed by atoms with Gasteiger partial charge in [-0.2, -0.15) is 4.98 Å². The van der Waals surface area contributed by atoms with E-state index in [-0.39, 0.29) is 17.8 Å². The van der Waals surface area contributed by atoms with Crippen LogP contribution in [0.3, 0.4) is 0 Å². The molecule has 0 atom stereocenters. The van der Waals surface area contributed by atoms with Crippen molar-refractivity contribution in [2.75, 3.05) is 11.4 Å². The molecule has 4 rings (SSSR count). The van der Waals surface area contributed by atoms with E-state index in [1.165, 1.54) is 14.7 Å². The Hall–Kier alpha value is -3.09. The van der Waals surface area contributed by atoms with E-state index in [0.717, 1.165) is 23.7 Å². The van der Waals surface area contributed by atoms with Crippen molar-refractivity contribution in [1.29, 1.82) is 0 Å². The number of fused-ring (bicyclic) bond motifs is 3. The molecule has 1 aliphatic rings. The van der Waals surface area contributed by atoms with Crippen molar-refractivity contribution in [1.82, 2.24) is 18.7 Å². The molecular formula is C20H23N5O2. The SMILES string of the molecule is CC=CCn1c(=O)c2c(nc3n2CCN3c2cc(C)ccc2C)n(C)c1=O. The van der Waals surface area contributed by atoms with Gasteiger partial charge >= 0.3 is 5.69 Å². The van der Waals surface area contributed by atoms with E-state index in [9.17, 15) is 9.59 Å². The summed E-state index contributed by atoms with van der Waals surface area (Å²) < 4.78 is 4.66. The summed E-state index contributed by atoms with van der Waals surface area (Å²) in [5.41, 5.74) is 3.71. The maximum absolute atomic E-state index is 13.0. The van der Waals surface area contributed by atoms with E-state index in [1.807, 2.05) is 17.6 Å². The first-order chi connectivity index (χ1) is 12.9. The van der Waals surface area contributed by atoms with Gasteiger partial charge in [0.05, 0.1) is 0 Å². The summed E-state index contributed by atoms with van der Waals surface area (Å²) in [5, 5.41) is 0. The number of imidazole rings is 1. The lowest BCUT2D eigenvalue weighted by atomic mass is 10.1. The molecule has 0 fully saturated rings. The Labute approximate surface area is 156 Å². The molecule has 27 heavy (non-hydrogen) atoms. The monoisotopic (exact) mass is 365 g/mol. The molecule has 7 heteroatoms. The number of benzene rings is 1. The normalized spacial score (nSPS) is 13.9. The van der Waals surface area contributed by atoms with Gasteiger partial charge in [-0.05, 0) is 38.0 Å². The van der Waals surface area contributed by atoms with Crippen LogP contribution >= 0.6 is 0 Å². The molecule has 0 amide bonds. The van der Waals surface area contributed by atoms with E-state index < -0.39 is 0 Å². The lowest BCUT2D eigenvalue weighted by molar-refractivity contribution is 0.661. The average Bonchev–Trinajstić information content (AvgIpc) is 3.21. The first kappa shape index (κ1) is 17.3. The molecule has 2 aromatic heterocycles. The predicted molar refractivity (Wildman–Crippen MR) is 107 cm³/mol. The highest BCUT2D eigenvalue weighted by atomic mass is 16.2. The maximum atomic E-state index is 13.0. The molecule has 0 saturated heterocycles. The van der Waals surface area contributed by atoms with Crippen molar-refractivity contribution in [3.05, 3.63) is 62.3 Å². The van der Waals surface area contributed by atoms with Crippen LogP contribution < -0.4 is 16.1 Å². The zero-order chi connectivity index (χ0) is 19.3. The van der Waals surface area contributed by atoms with Crippen LogP contribution in [0, 0.1) is 13.8 Å². The van der Waals surface area contributed by atoms with Gasteiger partial charge in [0.25, 0.3) is 5.56 Å². The molecule has 0 spiro atoms. The lowest BCUT2D eigenvalue weighted by Gasteiger charge is -2.19. The van der Waals surface area contributed by atoms with Gasteiger partial charge in [-0.25, -0.2) is 4.79 Å². The van der Waals surface area contributed by atoms with Crippen molar-refractivity contribution < 1.29 is 0 Å². The highest BCUT2D eigenvalue weighted by molar-refractivity contribution is 5.78. The summed E-state index contributed by atoms with van der Waals surface area (Å²) in [7, 11) is 1.67. The second-order valence-corrected chi connectivity index (χ2v) is 7.00. The molecule has 3 heterocycles. The molecule has 0 radical (unpaired) electrons. The average molecular weight is 365 g/mol. The van der Waals surface area contributed by atoms with Crippen molar-refractivity contribution in [2.24, 2.45) is 7.05 Å². The Morgan fingerprint density at radius 1 is 1.19 bits per heavy atom. The molecule has 1 aliphatic heterocycles. The van der Waals surface area contributed by atoms with Crippen LogP contribution in [0.15, 0.2) is 39.9 Å². The Morgan fingerprint density at radius 3 is 2.70 bits per heavy atom. The fourth-order valence-corrected chi connectivity index (χ4v) is 3.69. The Bertz CT molecular complexity index is 1200. The number of hydrogen-bond donors (Lipinski definition) is 0. The largest absolute Gasteiger partial charge is 0.332 e. The minimum absolute atomic E-state index is 0.263. The van der Waals surface area contributed by atoms with Crippen LogP contribution in [0.2, 0.25) is 0 Å². The number of hydrogen-bond acceptors (Lipinski definition) is 4. The smallest absolute Gasteiger partial charge is 0.310 e. The Kier molecular flexibility index (Phi) is 4.02. The molecule has 3 aromatic rings. The topological polar surface area (TPSA) is 65.1 Å². The first-order valence-corrected chi connectivity index (χ1v) is 9.10. The van der Waals surface area contributed by atoms with Crippen molar-refractivity contribution in [3.8, 4) is 0 Å². The zero-order valence-electron chi connectivity index (χ0n) is 16.1. The minimum Gasteiger partial charge on any atom is -0.310 e. The maximum Gasteiger partial charge on any atom is 0.332 e. The van der Waals surface area contributed by atoms with Crippen molar-refractivity contribution >= 4 is 22.8 Å². The zero-order valence-corrected chi connectivity index (χ0v) is 16.1. The third-order valence-corrected chi connectivity index (χ3v) is 5.18. The second-order valence-electron chi connectivity index (χ2n) is 7.00. The van der Waals surface area contributed by atoms with Gasteiger partial charge in [0.1, 0.15) is 0 Å². The third kappa shape index (κ3) is 2.53. The van der Waals surface area contributed by atoms with E-state index >= 15 is 0 Å². The van der Waals surface area contributed by atoms with Gasteiger partial charge in [0.15, 0.2) is 11.2 Å². The number of rotatable bonds is 3. The molecule has 7 nitrogen and oxygen atoms in total. The standard InChI is InChI=1S/C20H23N5O2/c1-5-6-9-25-18(26)16-17(22(4)20(25)27)21-19-23(10-11-24(16)19)15-12-13(2)7-8-14(15)3/h5-8,12H,9-11H2,1-4H3. The Balaban J connectivity index is 1.97. The number of nitrogens with zero attached hydrogens (tertiary/aromatic N) is 5. The fraction of sp³-hybridized carbons (Fsp3) is 0.350. The number of aryl methyl sites for hydroxylation is 3. The summed E-state index contributed by atoms with van der Waals surface area (Å²) in [4.78, 5) is 32.5. The quantitative estimate of drug-likeness (QED) is 0.668. The van der Waals surface area contributed by atoms with Gasteiger partial charge in [-0.15, -0.1) is 0 Å². The summed E-state index contributed by atoms with van der Waals surface area (Å²) in [5.74, 6) is 0.717. The molecule has 0 aliphatic carbocycles. The molecule has 1 aromatic carbocycles. The first-order valence-electron chi connectivity index (χ1n) is 9.10.